The highest BCUT2D eigenvalue weighted by Crippen LogP contribution is 2.17. The predicted molar refractivity (Wildman–Crippen MR) is 91.1 cm³/mol. The summed E-state index contributed by atoms with van der Waals surface area (Å²) in [6.07, 6.45) is 0. The zero-order valence-corrected chi connectivity index (χ0v) is 14.1. The van der Waals surface area contributed by atoms with E-state index < -0.39 is 5.97 Å². The van der Waals surface area contributed by atoms with E-state index in [1.54, 1.807) is 5.38 Å². The van der Waals surface area contributed by atoms with Crippen molar-refractivity contribution in [2.45, 2.75) is 6.54 Å². The lowest BCUT2D eigenvalue weighted by Crippen LogP contribution is -2.31. The Kier molecular flexibility index (Phi) is 7.19. The number of rotatable bonds is 9. The van der Waals surface area contributed by atoms with E-state index in [2.05, 4.69) is 15.6 Å². The van der Waals surface area contributed by atoms with Gasteiger partial charge in [-0.05, 0) is 5.56 Å². The second-order valence-electron chi connectivity index (χ2n) is 4.80. The molecular formula is C16H19N3O4S. The summed E-state index contributed by atoms with van der Waals surface area (Å²) in [7, 11) is 1.54. The fraction of sp³-hybridized carbons (Fsp3) is 0.312. The van der Waals surface area contributed by atoms with Crippen molar-refractivity contribution in [3.05, 3.63) is 47.0 Å². The minimum atomic E-state index is -0.624. The molecule has 7 nitrogen and oxygen atoms in total. The lowest BCUT2D eigenvalue weighted by atomic mass is 10.2. The Morgan fingerprint density at radius 3 is 2.79 bits per heavy atom. The number of hydrogen-bond donors (Lipinski definition) is 2. The van der Waals surface area contributed by atoms with Crippen LogP contribution in [-0.4, -0.2) is 43.7 Å². The zero-order chi connectivity index (χ0) is 17.2. The molecule has 1 heterocycles. The van der Waals surface area contributed by atoms with Crippen LogP contribution in [0.25, 0.3) is 0 Å². The summed E-state index contributed by atoms with van der Waals surface area (Å²) >= 11 is 1.31. The van der Waals surface area contributed by atoms with E-state index in [-0.39, 0.29) is 18.2 Å². The number of nitrogens with one attached hydrogen (secondary N) is 2. The van der Waals surface area contributed by atoms with Gasteiger partial charge in [0.05, 0.1) is 6.61 Å². The number of aromatic nitrogens is 1. The van der Waals surface area contributed by atoms with E-state index in [9.17, 15) is 9.59 Å². The first kappa shape index (κ1) is 17.9. The van der Waals surface area contributed by atoms with Gasteiger partial charge >= 0.3 is 5.97 Å². The Bertz CT molecular complexity index is 660. The van der Waals surface area contributed by atoms with Gasteiger partial charge in [-0.2, -0.15) is 0 Å². The van der Waals surface area contributed by atoms with Crippen molar-refractivity contribution in [3.8, 4) is 0 Å². The summed E-state index contributed by atoms with van der Waals surface area (Å²) in [5.74, 6) is -1.00. The number of carbonyl (C=O) groups excluding carboxylic acids is 2. The molecule has 2 rings (SSSR count). The number of anilines is 1. The highest BCUT2D eigenvalue weighted by atomic mass is 32.1. The SMILES string of the molecule is COCCNC(=O)COC(=O)c1csc(NCc2ccccc2)n1. The number of carbonyl (C=O) groups is 2. The highest BCUT2D eigenvalue weighted by molar-refractivity contribution is 7.13. The molecule has 1 aromatic heterocycles. The smallest absolute Gasteiger partial charge is 0.358 e. The van der Waals surface area contributed by atoms with Gasteiger partial charge in [0.1, 0.15) is 0 Å². The van der Waals surface area contributed by atoms with Crippen molar-refractivity contribution < 1.29 is 19.1 Å². The number of hydrogen-bond acceptors (Lipinski definition) is 7. The van der Waals surface area contributed by atoms with Gasteiger partial charge < -0.3 is 20.1 Å². The standard InChI is InChI=1S/C16H19N3O4S/c1-22-8-7-17-14(20)10-23-15(21)13-11-24-16(19-13)18-9-12-5-3-2-4-6-12/h2-6,11H,7-10H2,1H3,(H,17,20)(H,18,19). The van der Waals surface area contributed by atoms with Gasteiger partial charge in [-0.3, -0.25) is 4.79 Å². The molecule has 0 bridgehead atoms. The number of thiazole rings is 1. The summed E-state index contributed by atoms with van der Waals surface area (Å²) in [5.41, 5.74) is 1.30. The molecule has 0 aliphatic carbocycles. The van der Waals surface area contributed by atoms with Crippen LogP contribution in [-0.2, 0) is 20.8 Å². The average Bonchev–Trinajstić information content (AvgIpc) is 3.08. The third kappa shape index (κ3) is 5.98. The first-order chi connectivity index (χ1) is 11.7. The Morgan fingerprint density at radius 2 is 2.04 bits per heavy atom. The van der Waals surface area contributed by atoms with Crippen LogP contribution in [0.1, 0.15) is 16.1 Å². The normalized spacial score (nSPS) is 10.2. The van der Waals surface area contributed by atoms with Crippen LogP contribution in [0.3, 0.4) is 0 Å². The van der Waals surface area contributed by atoms with Crippen molar-refractivity contribution in [1.29, 1.82) is 0 Å². The second-order valence-corrected chi connectivity index (χ2v) is 5.65. The second kappa shape index (κ2) is 9.64. The first-order valence-corrected chi connectivity index (χ1v) is 8.23. The number of esters is 1. The number of benzene rings is 1. The molecule has 0 spiro atoms. The molecular weight excluding hydrogens is 330 g/mol. The van der Waals surface area contributed by atoms with Crippen molar-refractivity contribution in [2.75, 3.05) is 32.2 Å². The molecule has 0 saturated carbocycles. The minimum Gasteiger partial charge on any atom is -0.451 e. The van der Waals surface area contributed by atoms with Gasteiger partial charge in [0.15, 0.2) is 17.4 Å². The number of ether oxygens (including phenoxy) is 2. The van der Waals surface area contributed by atoms with Gasteiger partial charge in [-0.25, -0.2) is 9.78 Å². The van der Waals surface area contributed by atoms with E-state index in [1.807, 2.05) is 30.3 Å². The minimum absolute atomic E-state index is 0.181. The number of methoxy groups -OCH3 is 1. The molecule has 1 aromatic carbocycles. The Labute approximate surface area is 144 Å². The summed E-state index contributed by atoms with van der Waals surface area (Å²) in [6.45, 7) is 1.05. The third-order valence-corrected chi connectivity index (χ3v) is 3.76. The maximum absolute atomic E-state index is 11.9. The molecule has 128 valence electrons. The largest absolute Gasteiger partial charge is 0.451 e. The van der Waals surface area contributed by atoms with Crippen molar-refractivity contribution >= 4 is 28.3 Å². The van der Waals surface area contributed by atoms with Crippen LogP contribution in [0, 0.1) is 0 Å². The van der Waals surface area contributed by atoms with E-state index in [0.717, 1.165) is 5.56 Å². The lowest BCUT2D eigenvalue weighted by molar-refractivity contribution is -0.124. The fourth-order valence-electron chi connectivity index (χ4n) is 1.77. The maximum Gasteiger partial charge on any atom is 0.358 e. The molecule has 8 heteroatoms. The third-order valence-electron chi connectivity index (χ3n) is 2.96. The summed E-state index contributed by atoms with van der Waals surface area (Å²) < 4.78 is 9.73. The first-order valence-electron chi connectivity index (χ1n) is 7.35. The highest BCUT2D eigenvalue weighted by Gasteiger charge is 2.14. The van der Waals surface area contributed by atoms with Crippen LogP contribution in [0.2, 0.25) is 0 Å². The Hall–Kier alpha value is -2.45. The monoisotopic (exact) mass is 349 g/mol. The Morgan fingerprint density at radius 1 is 1.25 bits per heavy atom. The number of amides is 1. The molecule has 0 saturated heterocycles. The summed E-state index contributed by atoms with van der Waals surface area (Å²) in [5, 5.41) is 7.92. The quantitative estimate of drug-likeness (QED) is 0.529. The van der Waals surface area contributed by atoms with Gasteiger partial charge in [0.25, 0.3) is 5.91 Å². The molecule has 1 amide bonds. The molecule has 0 atom stereocenters. The van der Waals surface area contributed by atoms with E-state index in [0.29, 0.717) is 24.8 Å². The van der Waals surface area contributed by atoms with Crippen LogP contribution >= 0.6 is 11.3 Å². The molecule has 24 heavy (non-hydrogen) atoms. The van der Waals surface area contributed by atoms with Crippen LogP contribution in [0.15, 0.2) is 35.7 Å². The van der Waals surface area contributed by atoms with Crippen molar-refractivity contribution in [2.24, 2.45) is 0 Å². The van der Waals surface area contributed by atoms with E-state index >= 15 is 0 Å². The van der Waals surface area contributed by atoms with Crippen molar-refractivity contribution in [3.63, 3.8) is 0 Å². The molecule has 0 fully saturated rings. The molecule has 0 unspecified atom stereocenters. The predicted octanol–water partition coefficient (Wildman–Crippen LogP) is 1.67. The summed E-state index contributed by atoms with van der Waals surface area (Å²) in [6, 6.07) is 9.86. The molecule has 2 N–H and O–H groups in total. The topological polar surface area (TPSA) is 89.5 Å². The lowest BCUT2D eigenvalue weighted by Gasteiger charge is -2.05. The molecule has 0 aliphatic heterocycles. The maximum atomic E-state index is 11.9. The molecule has 0 aliphatic rings. The molecule has 0 radical (unpaired) electrons. The van der Waals surface area contributed by atoms with Gasteiger partial charge in [0, 0.05) is 25.6 Å². The zero-order valence-electron chi connectivity index (χ0n) is 13.3. The fourth-order valence-corrected chi connectivity index (χ4v) is 2.45. The summed E-state index contributed by atoms with van der Waals surface area (Å²) in [4.78, 5) is 27.5. The van der Waals surface area contributed by atoms with E-state index in [1.165, 1.54) is 18.4 Å². The molecule has 2 aromatic rings. The van der Waals surface area contributed by atoms with E-state index in [4.69, 9.17) is 9.47 Å². The Balaban J connectivity index is 1.75. The van der Waals surface area contributed by atoms with Crippen molar-refractivity contribution in [1.82, 2.24) is 10.3 Å². The van der Waals surface area contributed by atoms with Crippen LogP contribution < -0.4 is 10.6 Å². The van der Waals surface area contributed by atoms with Crippen LogP contribution in [0.5, 0.6) is 0 Å². The van der Waals surface area contributed by atoms with Gasteiger partial charge in [-0.1, -0.05) is 30.3 Å². The number of nitrogens with zero attached hydrogens (tertiary/aromatic N) is 1. The average molecular weight is 349 g/mol. The van der Waals surface area contributed by atoms with Gasteiger partial charge in [-0.15, -0.1) is 11.3 Å². The van der Waals surface area contributed by atoms with Gasteiger partial charge in [0.2, 0.25) is 0 Å². The van der Waals surface area contributed by atoms with Crippen LogP contribution in [0.4, 0.5) is 5.13 Å².